The molecule has 0 aliphatic rings. The van der Waals surface area contributed by atoms with Crippen LogP contribution in [0.3, 0.4) is 0 Å². The molecule has 0 spiro atoms. The molecule has 0 aliphatic heterocycles. The number of carbonyl (C=O) groups is 1. The minimum absolute atomic E-state index is 0.0342. The van der Waals surface area contributed by atoms with Gasteiger partial charge in [-0.2, -0.15) is 0 Å². The van der Waals surface area contributed by atoms with Crippen molar-refractivity contribution in [3.05, 3.63) is 30.1 Å². The summed E-state index contributed by atoms with van der Waals surface area (Å²) in [4.78, 5) is 11.8. The van der Waals surface area contributed by atoms with Crippen molar-refractivity contribution in [3.63, 3.8) is 0 Å². The molecule has 0 bridgehead atoms. The maximum atomic E-state index is 13.3. The molecular weight excluding hydrogens is 274 g/mol. The molecule has 1 aromatic rings. The van der Waals surface area contributed by atoms with Gasteiger partial charge in [-0.25, -0.2) is 4.39 Å². The van der Waals surface area contributed by atoms with Crippen molar-refractivity contribution in [2.24, 2.45) is 0 Å². The molecule has 1 atom stereocenters. The zero-order chi connectivity index (χ0) is 14.5. The first-order valence-corrected chi connectivity index (χ1v) is 7.29. The van der Waals surface area contributed by atoms with Crippen molar-refractivity contribution in [1.82, 2.24) is 0 Å². The Balaban J connectivity index is 2.69. The number of ether oxygens (including phenoxy) is 1. The third-order valence-electron chi connectivity index (χ3n) is 2.50. The molecule has 0 N–H and O–H groups in total. The Hall–Kier alpha value is -1.23. The molecule has 0 heterocycles. The molecule has 0 saturated heterocycles. The first-order chi connectivity index (χ1) is 8.91. The van der Waals surface area contributed by atoms with Gasteiger partial charge in [-0.3, -0.25) is 9.36 Å². The highest BCUT2D eigenvalue weighted by Gasteiger charge is 2.29. The molecule has 0 aliphatic carbocycles. The molecule has 106 valence electrons. The number of para-hydroxylation sites is 1. The molecule has 0 fully saturated rings. The van der Waals surface area contributed by atoms with Gasteiger partial charge in [0.15, 0.2) is 23.5 Å². The summed E-state index contributed by atoms with van der Waals surface area (Å²) in [5.74, 6) is -1.09. The summed E-state index contributed by atoms with van der Waals surface area (Å²) < 4.78 is 39.6. The maximum absolute atomic E-state index is 13.3. The zero-order valence-electron chi connectivity index (χ0n) is 11.0. The fraction of sp³-hybridized carbons (Fsp3) is 0.417. The van der Waals surface area contributed by atoms with Crippen molar-refractivity contribution in [2.75, 3.05) is 20.4 Å². The van der Waals surface area contributed by atoms with Gasteiger partial charge in [0.25, 0.3) is 0 Å². The van der Waals surface area contributed by atoms with E-state index in [0.717, 1.165) is 0 Å². The Labute approximate surface area is 111 Å². The quantitative estimate of drug-likeness (QED) is 0.722. The Morgan fingerprint density at radius 3 is 2.42 bits per heavy atom. The smallest absolute Gasteiger partial charge is 0.337 e. The second-order valence-corrected chi connectivity index (χ2v) is 6.06. The summed E-state index contributed by atoms with van der Waals surface area (Å²) in [6.07, 6.45) is -1.37. The molecule has 0 aromatic heterocycles. The minimum Gasteiger partial charge on any atom is -0.480 e. The predicted molar refractivity (Wildman–Crippen MR) is 68.0 cm³/mol. The molecule has 1 rings (SSSR count). The number of hydrogen-bond donors (Lipinski definition) is 0. The number of halogens is 1. The van der Waals surface area contributed by atoms with Crippen LogP contribution in [0.4, 0.5) is 4.39 Å². The first kappa shape index (κ1) is 15.8. The van der Waals surface area contributed by atoms with E-state index in [4.69, 9.17) is 4.74 Å². The van der Waals surface area contributed by atoms with Crippen molar-refractivity contribution in [1.29, 1.82) is 0 Å². The van der Waals surface area contributed by atoms with Crippen LogP contribution in [-0.4, -0.2) is 32.3 Å². The van der Waals surface area contributed by atoms with Crippen LogP contribution < -0.4 is 4.74 Å². The monoisotopic (exact) mass is 290 g/mol. The van der Waals surface area contributed by atoms with E-state index in [0.29, 0.717) is 0 Å². The highest BCUT2D eigenvalue weighted by atomic mass is 31.2. The van der Waals surface area contributed by atoms with Gasteiger partial charge in [0.05, 0.1) is 0 Å². The fourth-order valence-corrected chi connectivity index (χ4v) is 2.37. The van der Waals surface area contributed by atoms with Gasteiger partial charge in [-0.1, -0.05) is 12.1 Å². The number of carbonyl (C=O) groups excluding carboxylic acids is 1. The maximum Gasteiger partial charge on any atom is 0.337 e. The summed E-state index contributed by atoms with van der Waals surface area (Å²) in [7, 11) is -1.04. The number of hydrogen-bond acceptors (Lipinski definition) is 5. The lowest BCUT2D eigenvalue weighted by atomic mass is 10.3. The SMILES string of the molecule is COP(=O)(CC(=O)C(C)Oc1ccccc1F)OC. The van der Waals surface area contributed by atoms with Crippen LogP contribution in [0.15, 0.2) is 24.3 Å². The van der Waals surface area contributed by atoms with E-state index in [2.05, 4.69) is 9.05 Å². The largest absolute Gasteiger partial charge is 0.480 e. The topological polar surface area (TPSA) is 61.8 Å². The number of Topliss-reactive ketones (excluding diaryl/α,β-unsaturated/α-hetero) is 1. The highest BCUT2D eigenvalue weighted by molar-refractivity contribution is 7.54. The summed E-state index contributed by atoms with van der Waals surface area (Å²) in [5, 5.41) is 0. The van der Waals surface area contributed by atoms with Gasteiger partial charge in [0.1, 0.15) is 6.16 Å². The molecule has 7 heteroatoms. The normalized spacial score (nSPS) is 13.1. The molecule has 0 radical (unpaired) electrons. The Bertz CT molecular complexity index is 483. The van der Waals surface area contributed by atoms with Gasteiger partial charge in [0.2, 0.25) is 0 Å². The fourth-order valence-electron chi connectivity index (χ4n) is 1.32. The van der Waals surface area contributed by atoms with Crippen LogP contribution >= 0.6 is 7.60 Å². The molecule has 0 amide bonds. The molecular formula is C12H16FO5P. The van der Waals surface area contributed by atoms with Crippen molar-refractivity contribution in [2.45, 2.75) is 13.0 Å². The van der Waals surface area contributed by atoms with Gasteiger partial charge >= 0.3 is 7.60 Å². The van der Waals surface area contributed by atoms with Gasteiger partial charge in [0, 0.05) is 14.2 Å². The van der Waals surface area contributed by atoms with E-state index in [9.17, 15) is 13.8 Å². The van der Waals surface area contributed by atoms with E-state index in [1.54, 1.807) is 6.07 Å². The number of rotatable bonds is 7. The van der Waals surface area contributed by atoms with E-state index in [1.165, 1.54) is 39.3 Å². The predicted octanol–water partition coefficient (Wildman–Crippen LogP) is 2.65. The highest BCUT2D eigenvalue weighted by Crippen LogP contribution is 2.46. The van der Waals surface area contributed by atoms with Crippen LogP contribution in [0.25, 0.3) is 0 Å². The van der Waals surface area contributed by atoms with Gasteiger partial charge in [-0.15, -0.1) is 0 Å². The average Bonchev–Trinajstić information content (AvgIpc) is 2.41. The lowest BCUT2D eigenvalue weighted by Gasteiger charge is -2.17. The third-order valence-corrected chi connectivity index (χ3v) is 4.31. The summed E-state index contributed by atoms with van der Waals surface area (Å²) in [5.41, 5.74) is 0. The lowest BCUT2D eigenvalue weighted by Crippen LogP contribution is -2.27. The molecule has 1 aromatic carbocycles. The first-order valence-electron chi connectivity index (χ1n) is 5.56. The Morgan fingerprint density at radius 1 is 1.32 bits per heavy atom. The summed E-state index contributed by atoms with van der Waals surface area (Å²) >= 11 is 0. The summed E-state index contributed by atoms with van der Waals surface area (Å²) in [6, 6.07) is 5.73. The minimum atomic E-state index is -3.43. The Kier molecular flexibility index (Phi) is 5.66. The lowest BCUT2D eigenvalue weighted by molar-refractivity contribution is -0.122. The van der Waals surface area contributed by atoms with Crippen LogP contribution in [-0.2, 0) is 18.4 Å². The second kappa shape index (κ2) is 6.80. The molecule has 5 nitrogen and oxygen atoms in total. The van der Waals surface area contributed by atoms with E-state index >= 15 is 0 Å². The number of benzene rings is 1. The van der Waals surface area contributed by atoms with E-state index < -0.39 is 31.5 Å². The third kappa shape index (κ3) is 4.42. The number of ketones is 1. The van der Waals surface area contributed by atoms with Crippen molar-refractivity contribution < 1.29 is 27.5 Å². The second-order valence-electron chi connectivity index (χ2n) is 3.79. The van der Waals surface area contributed by atoms with Gasteiger partial charge < -0.3 is 13.8 Å². The van der Waals surface area contributed by atoms with E-state index in [1.807, 2.05) is 0 Å². The van der Waals surface area contributed by atoms with E-state index in [-0.39, 0.29) is 5.75 Å². The summed E-state index contributed by atoms with van der Waals surface area (Å²) in [6.45, 7) is 1.45. The van der Waals surface area contributed by atoms with Crippen LogP contribution in [0.1, 0.15) is 6.92 Å². The van der Waals surface area contributed by atoms with Crippen LogP contribution in [0, 0.1) is 5.82 Å². The standard InChI is InChI=1S/C12H16FO5P/c1-9(11(14)8-19(15,16-2)17-3)18-12-7-5-4-6-10(12)13/h4-7,9H,8H2,1-3H3. The van der Waals surface area contributed by atoms with Crippen molar-refractivity contribution in [3.8, 4) is 5.75 Å². The van der Waals surface area contributed by atoms with Crippen LogP contribution in [0.5, 0.6) is 5.75 Å². The average molecular weight is 290 g/mol. The Morgan fingerprint density at radius 2 is 1.89 bits per heavy atom. The molecule has 0 saturated carbocycles. The van der Waals surface area contributed by atoms with Gasteiger partial charge in [-0.05, 0) is 19.1 Å². The molecule has 19 heavy (non-hydrogen) atoms. The van der Waals surface area contributed by atoms with Crippen LogP contribution in [0.2, 0.25) is 0 Å². The molecule has 1 unspecified atom stereocenters. The zero-order valence-corrected chi connectivity index (χ0v) is 11.9. The van der Waals surface area contributed by atoms with Crippen molar-refractivity contribution >= 4 is 13.4 Å².